The number of hydrogen-bond donors (Lipinski definition) is 1. The monoisotopic (exact) mass is 319 g/mol. The Morgan fingerprint density at radius 1 is 1.32 bits per heavy atom. The van der Waals surface area contributed by atoms with Crippen molar-refractivity contribution in [2.45, 2.75) is 25.6 Å². The summed E-state index contributed by atoms with van der Waals surface area (Å²) in [6, 6.07) is 9.67. The third-order valence-electron chi connectivity index (χ3n) is 3.34. The number of halogens is 1. The average molecular weight is 320 g/mol. The normalized spacial score (nSPS) is 21.6. The summed E-state index contributed by atoms with van der Waals surface area (Å²) in [6.45, 7) is 1.95. The Morgan fingerprint density at radius 3 is 2.89 bits per heavy atom. The summed E-state index contributed by atoms with van der Waals surface area (Å²) in [5.41, 5.74) is 2.81. The second-order valence-electron chi connectivity index (χ2n) is 4.77. The number of nitrogens with zero attached hydrogens (tertiary/aromatic N) is 1. The minimum atomic E-state index is -0.507. The molecule has 98 valence electrons. The lowest BCUT2D eigenvalue weighted by molar-refractivity contribution is 0.0655. The van der Waals surface area contributed by atoms with Crippen LogP contribution in [0.2, 0.25) is 0 Å². The van der Waals surface area contributed by atoms with E-state index in [0.29, 0.717) is 6.42 Å². The van der Waals surface area contributed by atoms with E-state index in [4.69, 9.17) is 4.74 Å². The van der Waals surface area contributed by atoms with Crippen molar-refractivity contribution in [2.75, 3.05) is 0 Å². The first-order valence-corrected chi connectivity index (χ1v) is 6.99. The average Bonchev–Trinajstić information content (AvgIpc) is 2.40. The molecule has 2 atom stereocenters. The highest BCUT2D eigenvalue weighted by Gasteiger charge is 2.28. The number of ether oxygens (including phenoxy) is 1. The Labute approximate surface area is 120 Å². The molecule has 2 unspecified atom stereocenters. The van der Waals surface area contributed by atoms with Gasteiger partial charge in [0.1, 0.15) is 11.9 Å². The third-order valence-corrected chi connectivity index (χ3v) is 3.84. The standard InChI is InChI=1S/C15H14BrNO2/c1-9-2-3-10(8-17-9)15-7-13(18)12-6-11(16)4-5-14(12)19-15/h2-6,8,13,15,18H,7H2,1H3. The van der Waals surface area contributed by atoms with Crippen LogP contribution in [-0.4, -0.2) is 10.1 Å². The summed E-state index contributed by atoms with van der Waals surface area (Å²) < 4.78 is 6.91. The van der Waals surface area contributed by atoms with Crippen LogP contribution in [0.3, 0.4) is 0 Å². The molecule has 19 heavy (non-hydrogen) atoms. The Balaban J connectivity index is 1.92. The van der Waals surface area contributed by atoms with Crippen LogP contribution >= 0.6 is 15.9 Å². The van der Waals surface area contributed by atoms with E-state index in [2.05, 4.69) is 20.9 Å². The van der Waals surface area contributed by atoms with Crippen molar-refractivity contribution in [1.29, 1.82) is 0 Å². The van der Waals surface area contributed by atoms with Crippen molar-refractivity contribution >= 4 is 15.9 Å². The van der Waals surface area contributed by atoms with Crippen molar-refractivity contribution in [3.63, 3.8) is 0 Å². The highest BCUT2D eigenvalue weighted by molar-refractivity contribution is 9.10. The molecule has 1 aromatic heterocycles. The topological polar surface area (TPSA) is 42.4 Å². The number of aliphatic hydroxyl groups is 1. The van der Waals surface area contributed by atoms with Gasteiger partial charge >= 0.3 is 0 Å². The van der Waals surface area contributed by atoms with E-state index in [-0.39, 0.29) is 6.10 Å². The number of hydrogen-bond acceptors (Lipinski definition) is 3. The predicted octanol–water partition coefficient (Wildman–Crippen LogP) is 3.71. The fourth-order valence-corrected chi connectivity index (χ4v) is 2.67. The molecule has 0 aliphatic carbocycles. The van der Waals surface area contributed by atoms with Crippen LogP contribution in [0, 0.1) is 6.92 Å². The smallest absolute Gasteiger partial charge is 0.128 e. The summed E-state index contributed by atoms with van der Waals surface area (Å²) in [6.07, 6.45) is 1.72. The van der Waals surface area contributed by atoms with Crippen molar-refractivity contribution in [3.8, 4) is 5.75 Å². The van der Waals surface area contributed by atoms with Crippen molar-refractivity contribution in [3.05, 3.63) is 57.8 Å². The summed E-state index contributed by atoms with van der Waals surface area (Å²) in [7, 11) is 0. The zero-order chi connectivity index (χ0) is 13.4. The van der Waals surface area contributed by atoms with Gasteiger partial charge < -0.3 is 9.84 Å². The van der Waals surface area contributed by atoms with Crippen LogP contribution in [0.25, 0.3) is 0 Å². The molecule has 3 rings (SSSR count). The molecule has 1 aliphatic rings. The van der Waals surface area contributed by atoms with Gasteiger partial charge in [0, 0.05) is 33.9 Å². The molecule has 1 aliphatic heterocycles. The number of aliphatic hydroxyl groups excluding tert-OH is 1. The van der Waals surface area contributed by atoms with Crippen LogP contribution in [0.4, 0.5) is 0 Å². The highest BCUT2D eigenvalue weighted by atomic mass is 79.9. The Hall–Kier alpha value is -1.39. The predicted molar refractivity (Wildman–Crippen MR) is 76.1 cm³/mol. The molecule has 2 aromatic rings. The Kier molecular flexibility index (Phi) is 3.29. The van der Waals surface area contributed by atoms with Gasteiger partial charge in [-0.25, -0.2) is 0 Å². The number of aromatic nitrogens is 1. The van der Waals surface area contributed by atoms with Crippen molar-refractivity contribution in [2.24, 2.45) is 0 Å². The molecule has 2 heterocycles. The van der Waals surface area contributed by atoms with E-state index in [1.807, 2.05) is 43.5 Å². The molecule has 4 heteroatoms. The highest BCUT2D eigenvalue weighted by Crippen LogP contribution is 2.41. The van der Waals surface area contributed by atoms with Gasteiger partial charge in [0.25, 0.3) is 0 Å². The molecular weight excluding hydrogens is 306 g/mol. The molecule has 0 bridgehead atoms. The zero-order valence-corrected chi connectivity index (χ0v) is 12.1. The number of aryl methyl sites for hydroxylation is 1. The third kappa shape index (κ3) is 2.51. The van der Waals surface area contributed by atoms with Crippen LogP contribution in [-0.2, 0) is 0 Å². The molecule has 0 fully saturated rings. The van der Waals surface area contributed by atoms with Gasteiger partial charge in [-0.05, 0) is 31.2 Å². The molecule has 0 radical (unpaired) electrons. The second kappa shape index (κ2) is 4.94. The summed E-state index contributed by atoms with van der Waals surface area (Å²) in [5, 5.41) is 10.3. The first-order valence-electron chi connectivity index (χ1n) is 6.20. The SMILES string of the molecule is Cc1ccc(C2CC(O)c3cc(Br)ccc3O2)cn1. The molecule has 3 nitrogen and oxygen atoms in total. The molecule has 1 aromatic carbocycles. The minimum Gasteiger partial charge on any atom is -0.485 e. The lowest BCUT2D eigenvalue weighted by Gasteiger charge is -2.29. The maximum atomic E-state index is 10.3. The minimum absolute atomic E-state index is 0.142. The van der Waals surface area contributed by atoms with E-state index in [1.165, 1.54) is 0 Å². The van der Waals surface area contributed by atoms with Gasteiger partial charge in [-0.3, -0.25) is 4.98 Å². The maximum absolute atomic E-state index is 10.3. The van der Waals surface area contributed by atoms with E-state index in [9.17, 15) is 5.11 Å². The van der Waals surface area contributed by atoms with Gasteiger partial charge in [0.15, 0.2) is 0 Å². The quantitative estimate of drug-likeness (QED) is 0.871. The van der Waals surface area contributed by atoms with E-state index in [1.54, 1.807) is 0 Å². The zero-order valence-electron chi connectivity index (χ0n) is 10.5. The van der Waals surface area contributed by atoms with Crippen molar-refractivity contribution in [1.82, 2.24) is 4.98 Å². The molecule has 0 saturated carbocycles. The van der Waals surface area contributed by atoms with Gasteiger partial charge in [0.2, 0.25) is 0 Å². The number of rotatable bonds is 1. The first-order chi connectivity index (χ1) is 9.13. The largest absolute Gasteiger partial charge is 0.485 e. The van der Waals surface area contributed by atoms with Crippen LogP contribution in [0.1, 0.15) is 35.4 Å². The second-order valence-corrected chi connectivity index (χ2v) is 5.69. The first kappa shape index (κ1) is 12.6. The van der Waals surface area contributed by atoms with Crippen LogP contribution in [0.15, 0.2) is 41.0 Å². The van der Waals surface area contributed by atoms with Gasteiger partial charge in [0.05, 0.1) is 6.10 Å². The number of pyridine rings is 1. The lowest BCUT2D eigenvalue weighted by Crippen LogP contribution is -2.19. The summed E-state index contributed by atoms with van der Waals surface area (Å²) >= 11 is 3.41. The summed E-state index contributed by atoms with van der Waals surface area (Å²) in [4.78, 5) is 4.28. The molecule has 1 N–H and O–H groups in total. The van der Waals surface area contributed by atoms with Gasteiger partial charge in [-0.15, -0.1) is 0 Å². The van der Waals surface area contributed by atoms with Gasteiger partial charge in [-0.2, -0.15) is 0 Å². The maximum Gasteiger partial charge on any atom is 0.128 e. The van der Waals surface area contributed by atoms with E-state index < -0.39 is 6.10 Å². The fraction of sp³-hybridized carbons (Fsp3) is 0.267. The van der Waals surface area contributed by atoms with E-state index >= 15 is 0 Å². The molecule has 0 saturated heterocycles. The van der Waals surface area contributed by atoms with E-state index in [0.717, 1.165) is 27.0 Å². The molecule has 0 spiro atoms. The number of fused-ring (bicyclic) bond motifs is 1. The lowest BCUT2D eigenvalue weighted by atomic mass is 9.96. The van der Waals surface area contributed by atoms with Gasteiger partial charge in [-0.1, -0.05) is 22.0 Å². The summed E-state index contributed by atoms with van der Waals surface area (Å²) in [5.74, 6) is 0.743. The van der Waals surface area contributed by atoms with Crippen molar-refractivity contribution < 1.29 is 9.84 Å². The van der Waals surface area contributed by atoms with Crippen LogP contribution < -0.4 is 4.74 Å². The number of benzene rings is 1. The Bertz CT molecular complexity index is 598. The molecular formula is C15H14BrNO2. The van der Waals surface area contributed by atoms with Crippen LogP contribution in [0.5, 0.6) is 5.75 Å². The Morgan fingerprint density at radius 2 is 2.16 bits per heavy atom. The molecule has 0 amide bonds. The fourth-order valence-electron chi connectivity index (χ4n) is 2.29.